The smallest absolute Gasteiger partial charge is 0.339 e. The Hall–Kier alpha value is -1.71. The van der Waals surface area contributed by atoms with Crippen molar-refractivity contribution in [2.75, 3.05) is 24.6 Å². The van der Waals surface area contributed by atoms with Crippen molar-refractivity contribution in [1.29, 1.82) is 0 Å². The van der Waals surface area contributed by atoms with Crippen LogP contribution in [0.4, 0.5) is 5.69 Å². The number of anilines is 1. The first-order chi connectivity index (χ1) is 9.75. The molecular weight excluding hydrogens is 254 g/mol. The highest BCUT2D eigenvalue weighted by Crippen LogP contribution is 2.36. The van der Waals surface area contributed by atoms with E-state index >= 15 is 0 Å². The Labute approximate surface area is 119 Å². The van der Waals surface area contributed by atoms with E-state index in [0.29, 0.717) is 12.4 Å². The molecule has 1 heterocycles. The van der Waals surface area contributed by atoms with E-state index in [1.165, 1.54) is 32.1 Å². The molecule has 0 radical (unpaired) electrons. The molecule has 0 spiro atoms. The lowest BCUT2D eigenvalue weighted by Crippen LogP contribution is -2.37. The second-order valence-electron chi connectivity index (χ2n) is 5.76. The van der Waals surface area contributed by atoms with Crippen LogP contribution in [0.5, 0.6) is 5.75 Å². The van der Waals surface area contributed by atoms with Crippen LogP contribution in [-0.2, 0) is 0 Å². The molecule has 1 saturated carbocycles. The first kappa shape index (κ1) is 13.3. The van der Waals surface area contributed by atoms with Gasteiger partial charge >= 0.3 is 5.97 Å². The van der Waals surface area contributed by atoms with Gasteiger partial charge in [0.05, 0.1) is 12.2 Å². The van der Waals surface area contributed by atoms with Crippen molar-refractivity contribution in [3.63, 3.8) is 0 Å². The fraction of sp³-hybridized carbons (Fsp3) is 0.562. The monoisotopic (exact) mass is 275 g/mol. The van der Waals surface area contributed by atoms with Gasteiger partial charge in [-0.25, -0.2) is 4.79 Å². The number of ether oxygens (including phenoxy) is 1. The summed E-state index contributed by atoms with van der Waals surface area (Å²) >= 11 is 0. The molecule has 1 aliphatic carbocycles. The quantitative estimate of drug-likeness (QED) is 0.920. The Morgan fingerprint density at radius 1 is 1.30 bits per heavy atom. The van der Waals surface area contributed by atoms with Crippen LogP contribution in [0.15, 0.2) is 18.2 Å². The normalized spacial score (nSPS) is 19.3. The molecule has 0 unspecified atom stereocenters. The van der Waals surface area contributed by atoms with Crippen molar-refractivity contribution < 1.29 is 14.6 Å². The van der Waals surface area contributed by atoms with Crippen LogP contribution in [-0.4, -0.2) is 30.8 Å². The summed E-state index contributed by atoms with van der Waals surface area (Å²) in [7, 11) is 0. The van der Waals surface area contributed by atoms with Gasteiger partial charge in [0.2, 0.25) is 0 Å². The van der Waals surface area contributed by atoms with Gasteiger partial charge < -0.3 is 14.7 Å². The number of hydrogen-bond acceptors (Lipinski definition) is 3. The molecule has 1 aliphatic heterocycles. The maximum Gasteiger partial charge on any atom is 0.339 e. The van der Waals surface area contributed by atoms with Gasteiger partial charge in [-0.05, 0) is 30.9 Å². The zero-order chi connectivity index (χ0) is 13.9. The second kappa shape index (κ2) is 5.73. The molecule has 20 heavy (non-hydrogen) atoms. The minimum Gasteiger partial charge on any atom is -0.489 e. The van der Waals surface area contributed by atoms with Crippen molar-refractivity contribution in [2.45, 2.75) is 32.1 Å². The summed E-state index contributed by atoms with van der Waals surface area (Å²) in [5.74, 6) is 0.367. The molecule has 0 aromatic heterocycles. The van der Waals surface area contributed by atoms with Crippen molar-refractivity contribution in [2.24, 2.45) is 5.92 Å². The first-order valence-electron chi connectivity index (χ1n) is 7.50. The maximum absolute atomic E-state index is 11.3. The highest BCUT2D eigenvalue weighted by atomic mass is 16.5. The predicted molar refractivity (Wildman–Crippen MR) is 77.7 cm³/mol. The maximum atomic E-state index is 11.3. The van der Waals surface area contributed by atoms with Gasteiger partial charge in [-0.3, -0.25) is 0 Å². The molecule has 0 bridgehead atoms. The molecule has 0 amide bonds. The average Bonchev–Trinajstić information content (AvgIpc) is 2.48. The van der Waals surface area contributed by atoms with Gasteiger partial charge in [-0.2, -0.15) is 0 Å². The number of carbonyl (C=O) groups is 1. The number of carboxylic acid groups (broad SMARTS) is 1. The largest absolute Gasteiger partial charge is 0.489 e. The topological polar surface area (TPSA) is 49.8 Å². The molecule has 1 N–H and O–H groups in total. The Morgan fingerprint density at radius 3 is 2.85 bits per heavy atom. The lowest BCUT2D eigenvalue weighted by Gasteiger charge is -2.35. The van der Waals surface area contributed by atoms with Gasteiger partial charge in [0, 0.05) is 6.54 Å². The van der Waals surface area contributed by atoms with Gasteiger partial charge in [0.1, 0.15) is 12.2 Å². The third-order valence-corrected chi connectivity index (χ3v) is 4.38. The van der Waals surface area contributed by atoms with Crippen LogP contribution in [0.2, 0.25) is 0 Å². The molecule has 3 rings (SSSR count). The van der Waals surface area contributed by atoms with E-state index in [9.17, 15) is 9.90 Å². The van der Waals surface area contributed by atoms with E-state index in [-0.39, 0.29) is 5.56 Å². The third kappa shape index (κ3) is 2.60. The lowest BCUT2D eigenvalue weighted by molar-refractivity contribution is 0.0692. The number of hydrogen-bond donors (Lipinski definition) is 1. The predicted octanol–water partition coefficient (Wildman–Crippen LogP) is 3.16. The Morgan fingerprint density at radius 2 is 2.10 bits per heavy atom. The third-order valence-electron chi connectivity index (χ3n) is 4.38. The van der Waals surface area contributed by atoms with Crippen LogP contribution in [0.1, 0.15) is 42.5 Å². The van der Waals surface area contributed by atoms with Crippen molar-refractivity contribution >= 4 is 11.7 Å². The van der Waals surface area contributed by atoms with Crippen molar-refractivity contribution in [3.05, 3.63) is 23.8 Å². The zero-order valence-corrected chi connectivity index (χ0v) is 11.7. The van der Waals surface area contributed by atoms with Gasteiger partial charge in [0.15, 0.2) is 5.75 Å². The average molecular weight is 275 g/mol. The van der Waals surface area contributed by atoms with E-state index in [0.717, 1.165) is 24.7 Å². The van der Waals surface area contributed by atoms with E-state index in [1.54, 1.807) is 6.07 Å². The SMILES string of the molecule is O=C(O)c1cccc2c1OCCN2CC1CCCCC1. The Balaban J connectivity index is 1.82. The number of rotatable bonds is 3. The van der Waals surface area contributed by atoms with Crippen LogP contribution >= 0.6 is 0 Å². The molecule has 108 valence electrons. The van der Waals surface area contributed by atoms with Crippen molar-refractivity contribution in [3.8, 4) is 5.75 Å². The summed E-state index contributed by atoms with van der Waals surface area (Å²) in [5, 5.41) is 9.25. The van der Waals surface area contributed by atoms with Crippen LogP contribution in [0.25, 0.3) is 0 Å². The molecular formula is C16H21NO3. The molecule has 1 aromatic rings. The van der Waals surface area contributed by atoms with E-state index in [4.69, 9.17) is 4.74 Å². The number of carboxylic acids is 1. The first-order valence-corrected chi connectivity index (χ1v) is 7.50. The van der Waals surface area contributed by atoms with Gasteiger partial charge in [-0.15, -0.1) is 0 Å². The summed E-state index contributed by atoms with van der Waals surface area (Å²) in [6.45, 7) is 2.45. The summed E-state index contributed by atoms with van der Waals surface area (Å²) in [4.78, 5) is 13.6. The number of benzene rings is 1. The standard InChI is InChI=1S/C16H21NO3/c18-16(19)13-7-4-8-14-15(13)20-10-9-17(14)11-12-5-2-1-3-6-12/h4,7-8,12H,1-3,5-6,9-11H2,(H,18,19). The van der Waals surface area contributed by atoms with E-state index in [1.807, 2.05) is 12.1 Å². The molecule has 1 aromatic carbocycles. The molecule has 2 aliphatic rings. The molecule has 4 heteroatoms. The Bertz CT molecular complexity index is 494. The number of fused-ring (bicyclic) bond motifs is 1. The fourth-order valence-corrected chi connectivity index (χ4v) is 3.34. The minimum absolute atomic E-state index is 0.274. The van der Waals surface area contributed by atoms with E-state index in [2.05, 4.69) is 4.90 Å². The highest BCUT2D eigenvalue weighted by Gasteiger charge is 2.25. The summed E-state index contributed by atoms with van der Waals surface area (Å²) < 4.78 is 5.61. The lowest BCUT2D eigenvalue weighted by atomic mass is 9.88. The van der Waals surface area contributed by atoms with Gasteiger partial charge in [0.25, 0.3) is 0 Å². The molecule has 4 nitrogen and oxygen atoms in total. The van der Waals surface area contributed by atoms with Crippen LogP contribution < -0.4 is 9.64 Å². The number of para-hydroxylation sites is 1. The van der Waals surface area contributed by atoms with Crippen molar-refractivity contribution in [1.82, 2.24) is 0 Å². The summed E-state index contributed by atoms with van der Waals surface area (Å²) in [6, 6.07) is 5.40. The Kier molecular flexibility index (Phi) is 3.81. The van der Waals surface area contributed by atoms with E-state index < -0.39 is 5.97 Å². The highest BCUT2D eigenvalue weighted by molar-refractivity contribution is 5.93. The zero-order valence-electron chi connectivity index (χ0n) is 11.7. The molecule has 1 fully saturated rings. The second-order valence-corrected chi connectivity index (χ2v) is 5.76. The summed E-state index contributed by atoms with van der Waals surface area (Å²) in [5.41, 5.74) is 1.22. The fourth-order valence-electron chi connectivity index (χ4n) is 3.34. The minimum atomic E-state index is -0.915. The number of nitrogens with zero attached hydrogens (tertiary/aromatic N) is 1. The summed E-state index contributed by atoms with van der Waals surface area (Å²) in [6.07, 6.45) is 6.62. The number of aromatic carboxylic acids is 1. The molecule has 0 atom stereocenters. The van der Waals surface area contributed by atoms with Crippen LogP contribution in [0, 0.1) is 5.92 Å². The van der Waals surface area contributed by atoms with Gasteiger partial charge in [-0.1, -0.05) is 25.3 Å². The molecule has 0 saturated heterocycles. The van der Waals surface area contributed by atoms with Crippen LogP contribution in [0.3, 0.4) is 0 Å².